The van der Waals surface area contributed by atoms with Gasteiger partial charge in [-0.1, -0.05) is 6.92 Å². The normalized spacial score (nSPS) is 24.5. The molecule has 19 heavy (non-hydrogen) atoms. The Morgan fingerprint density at radius 1 is 1.26 bits per heavy atom. The average molecular weight is 269 g/mol. The second-order valence-corrected chi connectivity index (χ2v) is 6.20. The van der Waals surface area contributed by atoms with E-state index >= 15 is 0 Å². The van der Waals surface area contributed by atoms with Crippen molar-refractivity contribution in [2.45, 2.75) is 26.2 Å². The minimum Gasteiger partial charge on any atom is -0.381 e. The fraction of sp³-hybridized carbons (Fsp3) is 1.00. The molecule has 0 amide bonds. The fourth-order valence-corrected chi connectivity index (χ4v) is 3.09. The second kappa shape index (κ2) is 8.90. The van der Waals surface area contributed by atoms with Crippen LogP contribution in [0.4, 0.5) is 0 Å². The van der Waals surface area contributed by atoms with Gasteiger partial charge in [0.1, 0.15) is 0 Å². The number of piperazine rings is 1. The maximum atomic E-state index is 5.40. The van der Waals surface area contributed by atoms with E-state index in [0.29, 0.717) is 0 Å². The van der Waals surface area contributed by atoms with E-state index in [2.05, 4.69) is 22.5 Å². The molecular formula is C15H31N3O. The summed E-state index contributed by atoms with van der Waals surface area (Å²) < 4.78 is 5.40. The monoisotopic (exact) mass is 269 g/mol. The van der Waals surface area contributed by atoms with Gasteiger partial charge in [0.25, 0.3) is 0 Å². The predicted molar refractivity (Wildman–Crippen MR) is 79.5 cm³/mol. The summed E-state index contributed by atoms with van der Waals surface area (Å²) in [7, 11) is 0. The molecule has 0 saturated carbocycles. The number of rotatable bonds is 7. The molecule has 2 aliphatic heterocycles. The van der Waals surface area contributed by atoms with Crippen LogP contribution in [0.2, 0.25) is 0 Å². The molecule has 0 aliphatic carbocycles. The summed E-state index contributed by atoms with van der Waals surface area (Å²) in [6.07, 6.45) is 3.85. The Hall–Kier alpha value is -0.160. The third kappa shape index (κ3) is 6.21. The Morgan fingerprint density at radius 3 is 2.74 bits per heavy atom. The lowest BCUT2D eigenvalue weighted by molar-refractivity contribution is 0.0639. The van der Waals surface area contributed by atoms with E-state index in [1.54, 1.807) is 0 Å². The van der Waals surface area contributed by atoms with E-state index in [9.17, 15) is 0 Å². The van der Waals surface area contributed by atoms with Crippen LogP contribution < -0.4 is 10.6 Å². The van der Waals surface area contributed by atoms with Gasteiger partial charge in [0.2, 0.25) is 0 Å². The van der Waals surface area contributed by atoms with Gasteiger partial charge < -0.3 is 20.3 Å². The summed E-state index contributed by atoms with van der Waals surface area (Å²) in [5.74, 6) is 1.65. The SMILES string of the molecule is CC(CNCCC1CCOCC1)CN1CCNCC1. The van der Waals surface area contributed by atoms with Gasteiger partial charge in [-0.15, -0.1) is 0 Å². The summed E-state index contributed by atoms with van der Waals surface area (Å²) in [5.41, 5.74) is 0. The van der Waals surface area contributed by atoms with E-state index in [-0.39, 0.29) is 0 Å². The first-order valence-corrected chi connectivity index (χ1v) is 8.06. The van der Waals surface area contributed by atoms with Gasteiger partial charge in [0, 0.05) is 45.9 Å². The predicted octanol–water partition coefficient (Wildman–Crippen LogP) is 0.934. The molecule has 0 aromatic carbocycles. The number of hydrogen-bond acceptors (Lipinski definition) is 4. The highest BCUT2D eigenvalue weighted by Gasteiger charge is 2.14. The molecule has 2 saturated heterocycles. The lowest BCUT2D eigenvalue weighted by atomic mass is 9.96. The van der Waals surface area contributed by atoms with Crippen molar-refractivity contribution < 1.29 is 4.74 Å². The first-order chi connectivity index (χ1) is 9.34. The number of nitrogens with zero attached hydrogens (tertiary/aromatic N) is 1. The van der Waals surface area contributed by atoms with E-state index in [0.717, 1.165) is 44.7 Å². The van der Waals surface area contributed by atoms with Crippen molar-refractivity contribution in [1.29, 1.82) is 0 Å². The molecule has 2 aliphatic rings. The van der Waals surface area contributed by atoms with Gasteiger partial charge >= 0.3 is 0 Å². The van der Waals surface area contributed by atoms with Crippen LogP contribution in [-0.4, -0.2) is 63.9 Å². The summed E-state index contributed by atoms with van der Waals surface area (Å²) in [5, 5.41) is 7.05. The Bertz CT molecular complexity index is 225. The van der Waals surface area contributed by atoms with Gasteiger partial charge in [-0.2, -0.15) is 0 Å². The van der Waals surface area contributed by atoms with Gasteiger partial charge in [0.05, 0.1) is 0 Å². The quantitative estimate of drug-likeness (QED) is 0.674. The molecule has 2 rings (SSSR count). The van der Waals surface area contributed by atoms with Crippen molar-refractivity contribution in [2.24, 2.45) is 11.8 Å². The average Bonchev–Trinajstić information content (AvgIpc) is 2.46. The molecule has 1 atom stereocenters. The van der Waals surface area contributed by atoms with E-state index < -0.39 is 0 Å². The molecular weight excluding hydrogens is 238 g/mol. The summed E-state index contributed by atoms with van der Waals surface area (Å²) in [6.45, 7) is 12.6. The van der Waals surface area contributed by atoms with E-state index in [1.807, 2.05) is 0 Å². The zero-order valence-corrected chi connectivity index (χ0v) is 12.5. The highest BCUT2D eigenvalue weighted by molar-refractivity contribution is 4.71. The molecule has 0 aromatic heterocycles. The zero-order chi connectivity index (χ0) is 13.3. The third-order valence-corrected chi connectivity index (χ3v) is 4.34. The van der Waals surface area contributed by atoms with Crippen LogP contribution in [0.5, 0.6) is 0 Å². The minimum absolute atomic E-state index is 0.757. The lowest BCUT2D eigenvalue weighted by Gasteiger charge is -2.29. The molecule has 0 spiro atoms. The molecule has 0 bridgehead atoms. The van der Waals surface area contributed by atoms with Crippen molar-refractivity contribution in [3.05, 3.63) is 0 Å². The molecule has 2 heterocycles. The zero-order valence-electron chi connectivity index (χ0n) is 12.5. The maximum Gasteiger partial charge on any atom is 0.0468 e. The Kier molecular flexibility index (Phi) is 7.14. The van der Waals surface area contributed by atoms with Crippen LogP contribution in [0.15, 0.2) is 0 Å². The largest absolute Gasteiger partial charge is 0.381 e. The van der Waals surface area contributed by atoms with Gasteiger partial charge in [-0.25, -0.2) is 0 Å². The molecule has 2 fully saturated rings. The molecule has 0 aromatic rings. The van der Waals surface area contributed by atoms with Crippen LogP contribution in [-0.2, 0) is 4.74 Å². The van der Waals surface area contributed by atoms with Crippen molar-refractivity contribution in [2.75, 3.05) is 59.0 Å². The lowest BCUT2D eigenvalue weighted by Crippen LogP contribution is -2.46. The highest BCUT2D eigenvalue weighted by Crippen LogP contribution is 2.17. The summed E-state index contributed by atoms with van der Waals surface area (Å²) in [6, 6.07) is 0. The van der Waals surface area contributed by atoms with Crippen LogP contribution in [0.1, 0.15) is 26.2 Å². The molecule has 4 nitrogen and oxygen atoms in total. The molecule has 4 heteroatoms. The first kappa shape index (κ1) is 15.2. The fourth-order valence-electron chi connectivity index (χ4n) is 3.09. The van der Waals surface area contributed by atoms with E-state index in [4.69, 9.17) is 4.74 Å². The Labute approximate surface area is 118 Å². The topological polar surface area (TPSA) is 36.5 Å². The number of nitrogens with one attached hydrogen (secondary N) is 2. The second-order valence-electron chi connectivity index (χ2n) is 6.20. The highest BCUT2D eigenvalue weighted by atomic mass is 16.5. The molecule has 2 N–H and O–H groups in total. The van der Waals surface area contributed by atoms with Crippen molar-refractivity contribution in [1.82, 2.24) is 15.5 Å². The first-order valence-electron chi connectivity index (χ1n) is 8.06. The summed E-state index contributed by atoms with van der Waals surface area (Å²) in [4.78, 5) is 2.58. The standard InChI is InChI=1S/C15H31N3O/c1-14(13-18-8-6-16-7-9-18)12-17-5-2-15-3-10-19-11-4-15/h14-17H,2-13H2,1H3. The van der Waals surface area contributed by atoms with Gasteiger partial charge in [-0.3, -0.25) is 0 Å². The van der Waals surface area contributed by atoms with Crippen LogP contribution in [0.3, 0.4) is 0 Å². The number of hydrogen-bond donors (Lipinski definition) is 2. The van der Waals surface area contributed by atoms with Crippen molar-refractivity contribution in [3.8, 4) is 0 Å². The maximum absolute atomic E-state index is 5.40. The van der Waals surface area contributed by atoms with Crippen LogP contribution in [0, 0.1) is 11.8 Å². The number of ether oxygens (including phenoxy) is 1. The molecule has 0 radical (unpaired) electrons. The van der Waals surface area contributed by atoms with Crippen molar-refractivity contribution >= 4 is 0 Å². The van der Waals surface area contributed by atoms with Crippen LogP contribution in [0.25, 0.3) is 0 Å². The molecule has 1 unspecified atom stereocenters. The van der Waals surface area contributed by atoms with Gasteiger partial charge in [-0.05, 0) is 44.2 Å². The smallest absolute Gasteiger partial charge is 0.0468 e. The minimum atomic E-state index is 0.757. The summed E-state index contributed by atoms with van der Waals surface area (Å²) >= 11 is 0. The Balaban J connectivity index is 1.47. The third-order valence-electron chi connectivity index (χ3n) is 4.34. The van der Waals surface area contributed by atoms with Gasteiger partial charge in [0.15, 0.2) is 0 Å². The van der Waals surface area contributed by atoms with E-state index in [1.165, 1.54) is 45.4 Å². The van der Waals surface area contributed by atoms with Crippen molar-refractivity contribution in [3.63, 3.8) is 0 Å². The Morgan fingerprint density at radius 2 is 2.00 bits per heavy atom. The van der Waals surface area contributed by atoms with Crippen LogP contribution >= 0.6 is 0 Å². The molecule has 112 valence electrons.